The maximum atomic E-state index is 13.4. The highest BCUT2D eigenvalue weighted by atomic mass is 16.3. The molecule has 3 nitrogen and oxygen atoms in total. The summed E-state index contributed by atoms with van der Waals surface area (Å²) in [7, 11) is 0. The van der Waals surface area contributed by atoms with Crippen LogP contribution in [0.15, 0.2) is 101 Å². The standard InChI is InChI=1S/C29H19NO2/c31-27(20-11-5-2-6-12-20)29-24(16-15-19-9-3-1-4-10-19)23-18-17-22-21-13-7-8-14-25(21)30-26(22)28(23)32-29/h1-18,30H/b16-15+. The second-order valence-corrected chi connectivity index (χ2v) is 7.82. The van der Waals surface area contributed by atoms with E-state index in [9.17, 15) is 4.79 Å². The van der Waals surface area contributed by atoms with Gasteiger partial charge in [-0.25, -0.2) is 0 Å². The minimum atomic E-state index is -0.126. The Balaban J connectivity index is 1.62. The Kier molecular flexibility index (Phi) is 4.25. The fourth-order valence-corrected chi connectivity index (χ4v) is 4.29. The number of aromatic amines is 1. The summed E-state index contributed by atoms with van der Waals surface area (Å²) < 4.78 is 6.31. The fourth-order valence-electron chi connectivity index (χ4n) is 4.29. The average molecular weight is 413 g/mol. The molecular formula is C29H19NO2. The molecule has 0 aliphatic heterocycles. The Hall–Kier alpha value is -4.37. The summed E-state index contributed by atoms with van der Waals surface area (Å²) in [6, 6.07) is 31.7. The van der Waals surface area contributed by atoms with Gasteiger partial charge in [0.1, 0.15) is 0 Å². The van der Waals surface area contributed by atoms with Crippen molar-refractivity contribution in [1.29, 1.82) is 0 Å². The van der Waals surface area contributed by atoms with E-state index in [0.29, 0.717) is 16.9 Å². The quantitative estimate of drug-likeness (QED) is 0.305. The first-order chi connectivity index (χ1) is 15.8. The van der Waals surface area contributed by atoms with Crippen LogP contribution in [0.5, 0.6) is 0 Å². The molecule has 0 bridgehead atoms. The first-order valence-electron chi connectivity index (χ1n) is 10.6. The maximum absolute atomic E-state index is 13.4. The lowest BCUT2D eigenvalue weighted by Crippen LogP contribution is -2.01. The van der Waals surface area contributed by atoms with Crippen LogP contribution in [0.1, 0.15) is 27.2 Å². The van der Waals surface area contributed by atoms with Crippen molar-refractivity contribution in [3.8, 4) is 0 Å². The van der Waals surface area contributed by atoms with Crippen LogP contribution in [-0.4, -0.2) is 10.8 Å². The molecule has 152 valence electrons. The van der Waals surface area contributed by atoms with Crippen molar-refractivity contribution in [1.82, 2.24) is 4.98 Å². The van der Waals surface area contributed by atoms with E-state index in [2.05, 4.69) is 23.2 Å². The van der Waals surface area contributed by atoms with Crippen LogP contribution < -0.4 is 0 Å². The van der Waals surface area contributed by atoms with Gasteiger partial charge in [0.15, 0.2) is 11.3 Å². The number of hydrogen-bond donors (Lipinski definition) is 1. The number of nitrogens with one attached hydrogen (secondary N) is 1. The number of para-hydroxylation sites is 1. The van der Waals surface area contributed by atoms with E-state index in [4.69, 9.17) is 4.42 Å². The van der Waals surface area contributed by atoms with Crippen molar-refractivity contribution in [2.75, 3.05) is 0 Å². The number of ketones is 1. The van der Waals surface area contributed by atoms with Crippen molar-refractivity contribution in [2.24, 2.45) is 0 Å². The lowest BCUT2D eigenvalue weighted by molar-refractivity contribution is 0.101. The lowest BCUT2D eigenvalue weighted by atomic mass is 10.0. The second-order valence-electron chi connectivity index (χ2n) is 7.82. The van der Waals surface area contributed by atoms with Gasteiger partial charge in [0.2, 0.25) is 5.78 Å². The summed E-state index contributed by atoms with van der Waals surface area (Å²) >= 11 is 0. The predicted octanol–water partition coefficient (Wildman–Crippen LogP) is 7.47. The number of benzene rings is 4. The van der Waals surface area contributed by atoms with Crippen molar-refractivity contribution >= 4 is 50.7 Å². The molecule has 0 fully saturated rings. The molecule has 0 aliphatic carbocycles. The Morgan fingerprint density at radius 2 is 1.38 bits per heavy atom. The largest absolute Gasteiger partial charge is 0.450 e. The van der Waals surface area contributed by atoms with Crippen molar-refractivity contribution in [2.45, 2.75) is 0 Å². The molecule has 0 amide bonds. The van der Waals surface area contributed by atoms with Gasteiger partial charge in [0, 0.05) is 32.8 Å². The summed E-state index contributed by atoms with van der Waals surface area (Å²) in [4.78, 5) is 16.9. The molecule has 0 atom stereocenters. The molecule has 0 saturated heterocycles. The molecule has 6 rings (SSSR count). The maximum Gasteiger partial charge on any atom is 0.228 e. The van der Waals surface area contributed by atoms with Crippen molar-refractivity contribution < 1.29 is 9.21 Å². The number of H-pyrrole nitrogens is 1. The van der Waals surface area contributed by atoms with E-state index in [-0.39, 0.29) is 5.78 Å². The Bertz CT molecular complexity index is 1620. The highest BCUT2D eigenvalue weighted by Crippen LogP contribution is 2.37. The third-order valence-corrected chi connectivity index (χ3v) is 5.86. The summed E-state index contributed by atoms with van der Waals surface area (Å²) in [5.41, 5.74) is 5.11. The number of rotatable bonds is 4. The fraction of sp³-hybridized carbons (Fsp3) is 0. The Morgan fingerprint density at radius 1 is 0.688 bits per heavy atom. The molecule has 0 radical (unpaired) electrons. The van der Waals surface area contributed by atoms with E-state index in [1.54, 1.807) is 0 Å². The van der Waals surface area contributed by atoms with Crippen LogP contribution >= 0.6 is 0 Å². The van der Waals surface area contributed by atoms with Crippen LogP contribution in [0, 0.1) is 0 Å². The second kappa shape index (κ2) is 7.40. The zero-order valence-corrected chi connectivity index (χ0v) is 17.2. The Morgan fingerprint density at radius 3 is 2.19 bits per heavy atom. The summed E-state index contributed by atoms with van der Waals surface area (Å²) in [6.07, 6.45) is 3.99. The lowest BCUT2D eigenvalue weighted by Gasteiger charge is -1.99. The number of aromatic nitrogens is 1. The predicted molar refractivity (Wildman–Crippen MR) is 131 cm³/mol. The molecule has 0 spiro atoms. The molecule has 1 N–H and O–H groups in total. The minimum absolute atomic E-state index is 0.126. The van der Waals surface area contributed by atoms with Crippen molar-refractivity contribution in [3.05, 3.63) is 120 Å². The molecule has 3 heteroatoms. The molecule has 0 saturated carbocycles. The first kappa shape index (κ1) is 18.4. The van der Waals surface area contributed by atoms with Crippen LogP contribution in [0.4, 0.5) is 0 Å². The highest BCUT2D eigenvalue weighted by Gasteiger charge is 2.22. The van der Waals surface area contributed by atoms with Gasteiger partial charge in [0.05, 0.1) is 5.52 Å². The van der Waals surface area contributed by atoms with E-state index in [1.165, 1.54) is 0 Å². The molecule has 0 aliphatic rings. The normalized spacial score (nSPS) is 11.8. The minimum Gasteiger partial charge on any atom is -0.450 e. The zero-order valence-electron chi connectivity index (χ0n) is 17.2. The highest BCUT2D eigenvalue weighted by molar-refractivity contribution is 6.19. The summed E-state index contributed by atoms with van der Waals surface area (Å²) in [6.45, 7) is 0. The van der Waals surface area contributed by atoms with E-state index >= 15 is 0 Å². The van der Waals surface area contributed by atoms with Crippen LogP contribution in [0.3, 0.4) is 0 Å². The number of fused-ring (bicyclic) bond motifs is 5. The smallest absolute Gasteiger partial charge is 0.228 e. The van der Waals surface area contributed by atoms with Gasteiger partial charge in [-0.15, -0.1) is 0 Å². The SMILES string of the molecule is O=C(c1ccccc1)c1oc2c(ccc3c4ccccc4[nH]c32)c1/C=C/c1ccccc1. The van der Waals surface area contributed by atoms with Gasteiger partial charge in [-0.05, 0) is 23.8 Å². The van der Waals surface area contributed by atoms with Crippen molar-refractivity contribution in [3.63, 3.8) is 0 Å². The van der Waals surface area contributed by atoms with Gasteiger partial charge in [-0.3, -0.25) is 4.79 Å². The summed E-state index contributed by atoms with van der Waals surface area (Å²) in [5.74, 6) is 0.225. The topological polar surface area (TPSA) is 46.0 Å². The molecule has 2 aromatic heterocycles. The molecule has 2 heterocycles. The molecular weight excluding hydrogens is 394 g/mol. The number of hydrogen-bond acceptors (Lipinski definition) is 2. The van der Waals surface area contributed by atoms with Gasteiger partial charge in [-0.1, -0.05) is 91.0 Å². The molecule has 4 aromatic carbocycles. The number of carbonyl (C=O) groups is 1. The molecule has 6 aromatic rings. The van der Waals surface area contributed by atoms with Gasteiger partial charge in [-0.2, -0.15) is 0 Å². The monoisotopic (exact) mass is 413 g/mol. The van der Waals surface area contributed by atoms with Gasteiger partial charge >= 0.3 is 0 Å². The van der Waals surface area contributed by atoms with Crippen LogP contribution in [0.25, 0.3) is 44.9 Å². The first-order valence-corrected chi connectivity index (χ1v) is 10.6. The zero-order chi connectivity index (χ0) is 21.5. The van der Waals surface area contributed by atoms with Gasteiger partial charge < -0.3 is 9.40 Å². The number of furan rings is 1. The summed E-state index contributed by atoms with van der Waals surface area (Å²) in [5, 5.41) is 3.13. The number of carbonyl (C=O) groups excluding carboxylic acids is 1. The van der Waals surface area contributed by atoms with Crippen LogP contribution in [-0.2, 0) is 0 Å². The molecule has 0 unspecified atom stereocenters. The van der Waals surface area contributed by atoms with E-state index in [1.807, 2.05) is 91.0 Å². The van der Waals surface area contributed by atoms with E-state index in [0.717, 1.165) is 38.3 Å². The average Bonchev–Trinajstić information content (AvgIpc) is 3.42. The van der Waals surface area contributed by atoms with Crippen LogP contribution in [0.2, 0.25) is 0 Å². The molecule has 32 heavy (non-hydrogen) atoms. The Labute approximate surface area is 184 Å². The van der Waals surface area contributed by atoms with E-state index < -0.39 is 0 Å². The third-order valence-electron chi connectivity index (χ3n) is 5.86. The third kappa shape index (κ3) is 2.95. The van der Waals surface area contributed by atoms with Gasteiger partial charge in [0.25, 0.3) is 0 Å².